The Kier molecular flexibility index (Phi) is 5.17. The fraction of sp³-hybridized carbons (Fsp3) is 0.385. The average molecular weight is 441 g/mol. The minimum atomic E-state index is -0.240. The van der Waals surface area contributed by atoms with Gasteiger partial charge in [-0.2, -0.15) is 10.2 Å². The summed E-state index contributed by atoms with van der Waals surface area (Å²) in [4.78, 5) is 17.7. The van der Waals surface area contributed by atoms with Gasteiger partial charge in [-0.25, -0.2) is 0 Å². The van der Waals surface area contributed by atoms with Gasteiger partial charge in [0.15, 0.2) is 5.69 Å². The van der Waals surface area contributed by atoms with Crippen LogP contribution in [0.4, 0.5) is 5.69 Å². The van der Waals surface area contributed by atoms with Gasteiger partial charge in [-0.1, -0.05) is 31.7 Å². The summed E-state index contributed by atoms with van der Waals surface area (Å²) in [6.07, 6.45) is 15.8. The van der Waals surface area contributed by atoms with E-state index < -0.39 is 0 Å². The van der Waals surface area contributed by atoms with Crippen molar-refractivity contribution in [1.29, 1.82) is 0 Å². The van der Waals surface area contributed by atoms with Crippen molar-refractivity contribution in [2.24, 2.45) is 0 Å². The molecule has 168 valence electrons. The van der Waals surface area contributed by atoms with Gasteiger partial charge in [0.1, 0.15) is 0 Å². The van der Waals surface area contributed by atoms with Gasteiger partial charge in [-0.15, -0.1) is 0 Å². The van der Waals surface area contributed by atoms with E-state index in [0.29, 0.717) is 23.3 Å². The van der Waals surface area contributed by atoms with Gasteiger partial charge in [0.05, 0.1) is 29.6 Å². The molecule has 3 heterocycles. The van der Waals surface area contributed by atoms with E-state index >= 15 is 0 Å². The quantitative estimate of drug-likeness (QED) is 0.381. The molecule has 0 radical (unpaired) electrons. The highest BCUT2D eigenvalue weighted by atomic mass is 16.1. The summed E-state index contributed by atoms with van der Waals surface area (Å²) in [6, 6.07) is 10.6. The van der Waals surface area contributed by atoms with Gasteiger partial charge < -0.3 is 5.32 Å². The van der Waals surface area contributed by atoms with Crippen LogP contribution in [0.15, 0.2) is 48.9 Å². The van der Waals surface area contributed by atoms with Crippen LogP contribution >= 0.6 is 0 Å². The van der Waals surface area contributed by atoms with Crippen LogP contribution in [-0.4, -0.2) is 30.9 Å². The van der Waals surface area contributed by atoms with Crippen LogP contribution in [0.1, 0.15) is 79.5 Å². The second-order valence-electron chi connectivity index (χ2n) is 9.39. The molecule has 2 aliphatic carbocycles. The average Bonchev–Trinajstić information content (AvgIpc) is 3.51. The highest BCUT2D eigenvalue weighted by Crippen LogP contribution is 2.35. The van der Waals surface area contributed by atoms with Crippen LogP contribution in [0.3, 0.4) is 0 Å². The van der Waals surface area contributed by atoms with Crippen LogP contribution in [-0.2, 0) is 0 Å². The fourth-order valence-corrected chi connectivity index (χ4v) is 4.88. The molecular weight excluding hydrogens is 412 g/mol. The van der Waals surface area contributed by atoms with Crippen LogP contribution in [0.2, 0.25) is 0 Å². The van der Waals surface area contributed by atoms with E-state index in [1.54, 1.807) is 6.20 Å². The van der Waals surface area contributed by atoms with Gasteiger partial charge in [-0.3, -0.25) is 19.6 Å². The Labute approximate surface area is 192 Å². The number of hydrogen-bond acceptors (Lipinski definition) is 4. The Bertz CT molecular complexity index is 1280. The number of rotatable bonds is 5. The van der Waals surface area contributed by atoms with Crippen molar-refractivity contribution in [2.75, 3.05) is 5.32 Å². The topological polar surface area (TPSA) is 88.5 Å². The third kappa shape index (κ3) is 4.15. The van der Waals surface area contributed by atoms with Gasteiger partial charge in [0.2, 0.25) is 0 Å². The molecule has 7 heteroatoms. The van der Waals surface area contributed by atoms with Crippen molar-refractivity contribution < 1.29 is 4.79 Å². The maximum atomic E-state index is 13.0. The number of carbonyl (C=O) groups is 1. The third-order valence-electron chi connectivity index (χ3n) is 6.95. The van der Waals surface area contributed by atoms with Gasteiger partial charge >= 0.3 is 0 Å². The lowest BCUT2D eigenvalue weighted by atomic mass is 9.96. The van der Waals surface area contributed by atoms with Crippen molar-refractivity contribution in [2.45, 2.75) is 63.3 Å². The first-order valence-electron chi connectivity index (χ1n) is 12.0. The van der Waals surface area contributed by atoms with Crippen molar-refractivity contribution in [3.63, 3.8) is 0 Å². The summed E-state index contributed by atoms with van der Waals surface area (Å²) in [5.74, 6) is 0.298. The summed E-state index contributed by atoms with van der Waals surface area (Å²) in [5, 5.41) is 15.5. The van der Waals surface area contributed by atoms with Crippen LogP contribution in [0.5, 0.6) is 0 Å². The minimum absolute atomic E-state index is 0.240. The van der Waals surface area contributed by atoms with Crippen molar-refractivity contribution in [3.05, 3.63) is 60.3 Å². The lowest BCUT2D eigenvalue weighted by Gasteiger charge is -2.13. The standard InChI is InChI=1S/C26H28N6O/c33-26(29-20-8-12-23(27-15-20)17-5-3-1-2-4-6-17)25-22-13-18(7-11-24(22)30-31-25)19-14-28-32(16-19)21-9-10-21/h7-8,11-17,21H,1-6,9-10H2,(H,29,33)(H,30,31). The number of aromatic nitrogens is 5. The molecule has 0 spiro atoms. The molecule has 0 atom stereocenters. The monoisotopic (exact) mass is 440 g/mol. The van der Waals surface area contributed by atoms with Crippen LogP contribution in [0, 0.1) is 0 Å². The number of nitrogens with zero attached hydrogens (tertiary/aromatic N) is 4. The van der Waals surface area contributed by atoms with Gasteiger partial charge in [-0.05, 0) is 55.5 Å². The molecule has 0 unspecified atom stereocenters. The number of H-pyrrole nitrogens is 1. The second-order valence-corrected chi connectivity index (χ2v) is 9.39. The molecule has 0 bridgehead atoms. The van der Waals surface area contributed by atoms with Crippen LogP contribution in [0.25, 0.3) is 22.0 Å². The number of anilines is 1. The molecular formula is C26H28N6O. The lowest BCUT2D eigenvalue weighted by Crippen LogP contribution is -2.13. The van der Waals surface area contributed by atoms with Crippen molar-refractivity contribution >= 4 is 22.5 Å². The van der Waals surface area contributed by atoms with Gasteiger partial charge in [0.25, 0.3) is 5.91 Å². The maximum Gasteiger partial charge on any atom is 0.276 e. The zero-order valence-corrected chi connectivity index (χ0v) is 18.6. The lowest BCUT2D eigenvalue weighted by molar-refractivity contribution is 0.102. The smallest absolute Gasteiger partial charge is 0.276 e. The molecule has 2 fully saturated rings. The maximum absolute atomic E-state index is 13.0. The molecule has 2 N–H and O–H groups in total. The Morgan fingerprint density at radius 1 is 0.970 bits per heavy atom. The number of fused-ring (bicyclic) bond motifs is 1. The van der Waals surface area contributed by atoms with E-state index in [-0.39, 0.29) is 5.91 Å². The molecule has 6 rings (SSSR count). The first-order chi connectivity index (χ1) is 16.2. The van der Waals surface area contributed by atoms with Crippen LogP contribution < -0.4 is 5.32 Å². The highest BCUT2D eigenvalue weighted by Gasteiger charge is 2.24. The van der Waals surface area contributed by atoms with Gasteiger partial charge in [0, 0.05) is 28.8 Å². The Balaban J connectivity index is 1.21. The largest absolute Gasteiger partial charge is 0.319 e. The third-order valence-corrected chi connectivity index (χ3v) is 6.95. The van der Waals surface area contributed by atoms with Crippen molar-refractivity contribution in [3.8, 4) is 11.1 Å². The summed E-state index contributed by atoms with van der Waals surface area (Å²) in [7, 11) is 0. The summed E-state index contributed by atoms with van der Waals surface area (Å²) in [6.45, 7) is 0. The minimum Gasteiger partial charge on any atom is -0.319 e. The van der Waals surface area contributed by atoms with E-state index in [1.165, 1.54) is 51.4 Å². The number of carbonyl (C=O) groups excluding carboxylic acids is 1. The molecule has 1 aromatic carbocycles. The number of nitrogens with one attached hydrogen (secondary N) is 2. The SMILES string of the molecule is O=C(Nc1ccc(C2CCCCCC2)nc1)c1n[nH]c2ccc(-c3cnn(C4CC4)c3)cc12. The molecule has 0 aliphatic heterocycles. The zero-order valence-electron chi connectivity index (χ0n) is 18.6. The molecule has 2 aliphatic rings. The Hall–Kier alpha value is -3.48. The van der Waals surface area contributed by atoms with E-state index in [2.05, 4.69) is 37.9 Å². The number of pyridine rings is 1. The summed E-state index contributed by atoms with van der Waals surface area (Å²) >= 11 is 0. The predicted octanol–water partition coefficient (Wildman–Crippen LogP) is 5.85. The molecule has 1 amide bonds. The molecule has 7 nitrogen and oxygen atoms in total. The molecule has 33 heavy (non-hydrogen) atoms. The Morgan fingerprint density at radius 3 is 2.58 bits per heavy atom. The van der Waals surface area contributed by atoms with E-state index in [9.17, 15) is 4.79 Å². The number of benzene rings is 1. The molecule has 3 aromatic heterocycles. The van der Waals surface area contributed by atoms with Crippen molar-refractivity contribution in [1.82, 2.24) is 25.0 Å². The first-order valence-corrected chi connectivity index (χ1v) is 12.0. The number of amides is 1. The zero-order chi connectivity index (χ0) is 22.2. The van der Waals surface area contributed by atoms with E-state index in [4.69, 9.17) is 0 Å². The molecule has 0 saturated heterocycles. The van der Waals surface area contributed by atoms with E-state index in [0.717, 1.165) is 27.7 Å². The van der Waals surface area contributed by atoms with E-state index in [1.807, 2.05) is 35.1 Å². The predicted molar refractivity (Wildman–Crippen MR) is 128 cm³/mol. The summed E-state index contributed by atoms with van der Waals surface area (Å²) in [5.41, 5.74) is 5.12. The molecule has 2 saturated carbocycles. The normalized spacial score (nSPS) is 17.2. The second kappa shape index (κ2) is 8.46. The first kappa shape index (κ1) is 20.1. The fourth-order valence-electron chi connectivity index (χ4n) is 4.88. The molecule has 4 aromatic rings. The highest BCUT2D eigenvalue weighted by molar-refractivity contribution is 6.11. The summed E-state index contributed by atoms with van der Waals surface area (Å²) < 4.78 is 2.04. The number of aromatic amines is 1. The Morgan fingerprint density at radius 2 is 1.82 bits per heavy atom. The number of hydrogen-bond donors (Lipinski definition) is 2.